The number of aryl methyl sites for hydroxylation is 1. The number of thiophene rings is 1. The maximum absolute atomic E-state index is 6.12. The number of hydrogen-bond acceptors (Lipinski definition) is 6. The molecule has 0 radical (unpaired) electrons. The molecule has 2 aromatic heterocycles. The van der Waals surface area contributed by atoms with Crippen LogP contribution in [0.25, 0.3) is 11.5 Å². The van der Waals surface area contributed by atoms with Crippen LogP contribution in [0.3, 0.4) is 0 Å². The van der Waals surface area contributed by atoms with Crippen LogP contribution in [-0.2, 0) is 12.8 Å². The topological polar surface area (TPSA) is 68.2 Å². The first-order valence-corrected chi connectivity index (χ1v) is 6.90. The van der Waals surface area contributed by atoms with Gasteiger partial charge in [0.15, 0.2) is 0 Å². The van der Waals surface area contributed by atoms with Crippen LogP contribution in [0.5, 0.6) is 0 Å². The van der Waals surface area contributed by atoms with Crippen molar-refractivity contribution in [1.82, 2.24) is 10.1 Å². The van der Waals surface area contributed by atoms with Crippen LogP contribution >= 0.6 is 11.3 Å². The van der Waals surface area contributed by atoms with Gasteiger partial charge < -0.3 is 15.2 Å². The number of hydrogen-bond donors (Lipinski definition) is 1. The van der Waals surface area contributed by atoms with E-state index >= 15 is 0 Å². The van der Waals surface area contributed by atoms with Gasteiger partial charge in [-0.2, -0.15) is 4.98 Å². The minimum atomic E-state index is 0.551. The third-order valence-electron chi connectivity index (χ3n) is 3.23. The molecule has 2 heterocycles. The molecule has 0 saturated carbocycles. The number of nitrogens with two attached hydrogens (primary N) is 1. The second-order valence-corrected chi connectivity index (χ2v) is 5.88. The Labute approximate surface area is 110 Å². The molecule has 0 aliphatic heterocycles. The number of nitrogen functional groups attached to an aromatic ring is 1. The van der Waals surface area contributed by atoms with Crippen molar-refractivity contribution in [2.45, 2.75) is 25.7 Å². The molecule has 0 unspecified atom stereocenters. The average molecular weight is 264 g/mol. The van der Waals surface area contributed by atoms with Crippen LogP contribution in [0.1, 0.15) is 23.3 Å². The van der Waals surface area contributed by atoms with Gasteiger partial charge in [0.1, 0.15) is 0 Å². The first-order valence-electron chi connectivity index (χ1n) is 6.08. The number of aromatic nitrogens is 2. The molecule has 3 rings (SSSR count). The molecular formula is C12H16N4OS. The van der Waals surface area contributed by atoms with E-state index in [1.54, 1.807) is 11.3 Å². The van der Waals surface area contributed by atoms with Crippen molar-refractivity contribution >= 4 is 22.3 Å². The van der Waals surface area contributed by atoms with Crippen molar-refractivity contribution in [2.24, 2.45) is 0 Å². The molecule has 1 aliphatic carbocycles. The van der Waals surface area contributed by atoms with Crippen molar-refractivity contribution in [3.8, 4) is 11.5 Å². The van der Waals surface area contributed by atoms with Crippen LogP contribution in [-0.4, -0.2) is 24.2 Å². The summed E-state index contributed by atoms with van der Waals surface area (Å²) in [6, 6.07) is 0. The molecular weight excluding hydrogens is 248 g/mol. The Kier molecular flexibility index (Phi) is 2.74. The zero-order chi connectivity index (χ0) is 12.7. The molecule has 2 N–H and O–H groups in total. The Morgan fingerprint density at radius 3 is 2.78 bits per heavy atom. The second kappa shape index (κ2) is 4.28. The van der Waals surface area contributed by atoms with E-state index in [9.17, 15) is 0 Å². The van der Waals surface area contributed by atoms with Crippen molar-refractivity contribution in [3.63, 3.8) is 0 Å². The normalized spacial score (nSPS) is 14.6. The van der Waals surface area contributed by atoms with E-state index in [-0.39, 0.29) is 0 Å². The second-order valence-electron chi connectivity index (χ2n) is 4.74. The van der Waals surface area contributed by atoms with E-state index < -0.39 is 0 Å². The maximum atomic E-state index is 6.12. The van der Waals surface area contributed by atoms with Gasteiger partial charge in [-0.25, -0.2) is 0 Å². The van der Waals surface area contributed by atoms with Gasteiger partial charge in [0.25, 0.3) is 11.8 Å². The van der Waals surface area contributed by atoms with Crippen molar-refractivity contribution in [2.75, 3.05) is 24.7 Å². The summed E-state index contributed by atoms with van der Waals surface area (Å²) in [5, 5.41) is 4.75. The largest absolute Gasteiger partial charge is 0.390 e. The highest BCUT2D eigenvalue weighted by molar-refractivity contribution is 7.16. The van der Waals surface area contributed by atoms with E-state index in [2.05, 4.69) is 10.1 Å². The van der Waals surface area contributed by atoms with Gasteiger partial charge >= 0.3 is 0 Å². The lowest BCUT2D eigenvalue weighted by Crippen LogP contribution is -2.10. The van der Waals surface area contributed by atoms with Crippen molar-refractivity contribution in [1.29, 1.82) is 0 Å². The lowest BCUT2D eigenvalue weighted by Gasteiger charge is -2.10. The predicted octanol–water partition coefficient (Wildman–Crippen LogP) is 2.33. The molecule has 0 saturated heterocycles. The van der Waals surface area contributed by atoms with Gasteiger partial charge in [-0.1, -0.05) is 0 Å². The molecule has 6 heteroatoms. The van der Waals surface area contributed by atoms with Gasteiger partial charge in [-0.3, -0.25) is 0 Å². The summed E-state index contributed by atoms with van der Waals surface area (Å²) in [6.07, 6.45) is 4.65. The summed E-state index contributed by atoms with van der Waals surface area (Å²) in [5.41, 5.74) is 8.40. The van der Waals surface area contributed by atoms with Crippen LogP contribution in [0.4, 0.5) is 10.9 Å². The molecule has 5 nitrogen and oxygen atoms in total. The highest BCUT2D eigenvalue weighted by Crippen LogP contribution is 2.42. The molecule has 1 aliphatic rings. The minimum absolute atomic E-state index is 0.551. The fourth-order valence-electron chi connectivity index (χ4n) is 2.32. The Bertz CT molecular complexity index is 573. The zero-order valence-corrected chi connectivity index (χ0v) is 11.4. The average Bonchev–Trinajstić information content (AvgIpc) is 2.91. The van der Waals surface area contributed by atoms with E-state index in [1.165, 1.54) is 23.3 Å². The lowest BCUT2D eigenvalue weighted by atomic mass is 9.95. The molecule has 96 valence electrons. The Balaban J connectivity index is 2.07. The molecule has 0 amide bonds. The summed E-state index contributed by atoms with van der Waals surface area (Å²) < 4.78 is 5.34. The molecule has 18 heavy (non-hydrogen) atoms. The van der Waals surface area contributed by atoms with E-state index in [0.29, 0.717) is 11.8 Å². The number of fused-ring (bicyclic) bond motifs is 1. The first kappa shape index (κ1) is 11.5. The van der Waals surface area contributed by atoms with Crippen LogP contribution in [0.15, 0.2) is 4.52 Å². The summed E-state index contributed by atoms with van der Waals surface area (Å²) in [7, 11) is 3.78. The standard InChI is InChI=1S/C12H16N4OS/c1-16(2)12-14-11(17-15-12)9-7-5-3-4-6-8(7)18-10(9)13/h3-6,13H2,1-2H3. The number of nitrogens with zero attached hydrogens (tertiary/aromatic N) is 3. The highest BCUT2D eigenvalue weighted by atomic mass is 32.1. The van der Waals surface area contributed by atoms with Crippen molar-refractivity contribution in [3.05, 3.63) is 10.4 Å². The third kappa shape index (κ3) is 1.77. The summed E-state index contributed by atoms with van der Waals surface area (Å²) >= 11 is 1.67. The minimum Gasteiger partial charge on any atom is -0.390 e. The first-order chi connectivity index (χ1) is 8.66. The van der Waals surface area contributed by atoms with Gasteiger partial charge in [0.2, 0.25) is 0 Å². The Hall–Kier alpha value is -1.56. The smallest absolute Gasteiger partial charge is 0.265 e. The molecule has 0 spiro atoms. The maximum Gasteiger partial charge on any atom is 0.265 e. The summed E-state index contributed by atoms with van der Waals surface area (Å²) in [5.74, 6) is 1.13. The van der Waals surface area contributed by atoms with Crippen LogP contribution < -0.4 is 10.6 Å². The highest BCUT2D eigenvalue weighted by Gasteiger charge is 2.24. The van der Waals surface area contributed by atoms with Crippen molar-refractivity contribution < 1.29 is 4.52 Å². The molecule has 0 bridgehead atoms. The fourth-order valence-corrected chi connectivity index (χ4v) is 3.47. The molecule has 0 atom stereocenters. The van der Waals surface area contributed by atoms with Gasteiger partial charge in [-0.15, -0.1) is 11.3 Å². The van der Waals surface area contributed by atoms with Gasteiger partial charge in [0.05, 0.1) is 10.6 Å². The van der Waals surface area contributed by atoms with Gasteiger partial charge in [0, 0.05) is 19.0 Å². The quantitative estimate of drug-likeness (QED) is 0.901. The van der Waals surface area contributed by atoms with Crippen LogP contribution in [0, 0.1) is 0 Å². The number of anilines is 2. The SMILES string of the molecule is CN(C)c1noc(-c2c(N)sc3c2CCCC3)n1. The van der Waals surface area contributed by atoms with Crippen LogP contribution in [0.2, 0.25) is 0 Å². The fraction of sp³-hybridized carbons (Fsp3) is 0.500. The predicted molar refractivity (Wildman–Crippen MR) is 73.0 cm³/mol. The van der Waals surface area contributed by atoms with E-state index in [4.69, 9.17) is 10.3 Å². The third-order valence-corrected chi connectivity index (χ3v) is 4.35. The molecule has 0 fully saturated rings. The van der Waals surface area contributed by atoms with Gasteiger partial charge in [-0.05, 0) is 36.4 Å². The lowest BCUT2D eigenvalue weighted by molar-refractivity contribution is 0.430. The molecule has 2 aromatic rings. The van der Waals surface area contributed by atoms with E-state index in [1.807, 2.05) is 19.0 Å². The zero-order valence-electron chi connectivity index (χ0n) is 10.6. The van der Waals surface area contributed by atoms with E-state index in [0.717, 1.165) is 23.4 Å². The summed E-state index contributed by atoms with van der Waals surface area (Å²) in [6.45, 7) is 0. The summed E-state index contributed by atoms with van der Waals surface area (Å²) in [4.78, 5) is 7.60. The number of rotatable bonds is 2. The monoisotopic (exact) mass is 264 g/mol. The Morgan fingerprint density at radius 2 is 2.06 bits per heavy atom. The molecule has 0 aromatic carbocycles. The Morgan fingerprint density at radius 1 is 1.28 bits per heavy atom.